The maximum Gasteiger partial charge on any atom is 0.123 e. The second-order valence-corrected chi connectivity index (χ2v) is 5.58. The van der Waals surface area contributed by atoms with Crippen LogP contribution in [0.25, 0.3) is 0 Å². The molecule has 0 aliphatic rings. The van der Waals surface area contributed by atoms with E-state index in [2.05, 4.69) is 4.90 Å². The Morgan fingerprint density at radius 2 is 1.30 bits per heavy atom. The molecule has 0 saturated carbocycles. The van der Waals surface area contributed by atoms with Gasteiger partial charge in [0.1, 0.15) is 28.8 Å². The highest BCUT2D eigenvalue weighted by molar-refractivity contribution is 5.49. The lowest BCUT2D eigenvalue weighted by molar-refractivity contribution is 0.414. The maximum atomic E-state index is 5.73. The summed E-state index contributed by atoms with van der Waals surface area (Å²) in [5, 5.41) is 0. The van der Waals surface area contributed by atoms with Crippen molar-refractivity contribution in [1.82, 2.24) is 0 Å². The molecule has 0 bridgehead atoms. The van der Waals surface area contributed by atoms with Gasteiger partial charge in [0.2, 0.25) is 0 Å². The number of nitrogens with zero attached hydrogens (tertiary/aromatic N) is 1. The number of hydrogen-bond donors (Lipinski definition) is 0. The fourth-order valence-corrected chi connectivity index (χ4v) is 2.55. The van der Waals surface area contributed by atoms with Gasteiger partial charge in [0, 0.05) is 5.69 Å². The number of hydrogen-bond acceptors (Lipinski definition) is 4. The standard InChI is InChI=1S/C19H21NO3/c1-14-4-8-18(22-14)12-20(13-19-9-5-15(2)23-19)16-6-10-17(21-3)11-7-16/h4-11H,12-13H2,1-3H3. The van der Waals surface area contributed by atoms with Crippen LogP contribution in [0.3, 0.4) is 0 Å². The molecule has 4 heteroatoms. The first-order chi connectivity index (χ1) is 11.1. The van der Waals surface area contributed by atoms with Gasteiger partial charge in [0.25, 0.3) is 0 Å². The average molecular weight is 311 g/mol. The number of ether oxygens (including phenoxy) is 1. The number of rotatable bonds is 6. The molecule has 3 aromatic rings. The molecule has 0 unspecified atom stereocenters. The predicted octanol–water partition coefficient (Wildman–Crippen LogP) is 4.70. The van der Waals surface area contributed by atoms with Crippen molar-refractivity contribution in [3.63, 3.8) is 0 Å². The molecule has 0 fully saturated rings. The van der Waals surface area contributed by atoms with Crippen LogP contribution in [0.1, 0.15) is 23.0 Å². The van der Waals surface area contributed by atoms with Gasteiger partial charge in [0.15, 0.2) is 0 Å². The summed E-state index contributed by atoms with van der Waals surface area (Å²) in [6, 6.07) is 16.0. The molecular weight excluding hydrogens is 290 g/mol. The largest absolute Gasteiger partial charge is 0.497 e. The minimum absolute atomic E-state index is 0.680. The van der Waals surface area contributed by atoms with E-state index in [0.29, 0.717) is 13.1 Å². The van der Waals surface area contributed by atoms with Crippen LogP contribution in [0, 0.1) is 13.8 Å². The normalized spacial score (nSPS) is 10.7. The highest BCUT2D eigenvalue weighted by Crippen LogP contribution is 2.24. The molecule has 2 aromatic heterocycles. The molecule has 0 aliphatic carbocycles. The Morgan fingerprint density at radius 1 is 0.783 bits per heavy atom. The van der Waals surface area contributed by atoms with Crippen molar-refractivity contribution in [2.24, 2.45) is 0 Å². The topological polar surface area (TPSA) is 38.8 Å². The van der Waals surface area contributed by atoms with Gasteiger partial charge in [-0.3, -0.25) is 0 Å². The molecule has 1 aromatic carbocycles. The van der Waals surface area contributed by atoms with Crippen molar-refractivity contribution < 1.29 is 13.6 Å². The minimum Gasteiger partial charge on any atom is -0.497 e. The highest BCUT2D eigenvalue weighted by atomic mass is 16.5. The quantitative estimate of drug-likeness (QED) is 0.661. The Kier molecular flexibility index (Phi) is 4.42. The van der Waals surface area contributed by atoms with Gasteiger partial charge < -0.3 is 18.5 Å². The number of benzene rings is 1. The van der Waals surface area contributed by atoms with E-state index in [4.69, 9.17) is 13.6 Å². The SMILES string of the molecule is COc1ccc(N(Cc2ccc(C)o2)Cc2ccc(C)o2)cc1. The van der Waals surface area contributed by atoms with Crippen LogP contribution >= 0.6 is 0 Å². The molecule has 3 rings (SSSR count). The van der Waals surface area contributed by atoms with Crippen LogP contribution in [0.5, 0.6) is 5.75 Å². The predicted molar refractivity (Wildman–Crippen MR) is 89.8 cm³/mol. The monoisotopic (exact) mass is 311 g/mol. The van der Waals surface area contributed by atoms with Gasteiger partial charge in [0.05, 0.1) is 20.2 Å². The van der Waals surface area contributed by atoms with Gasteiger partial charge >= 0.3 is 0 Å². The van der Waals surface area contributed by atoms with E-state index in [1.165, 1.54) is 0 Å². The van der Waals surface area contributed by atoms with E-state index in [0.717, 1.165) is 34.5 Å². The summed E-state index contributed by atoms with van der Waals surface area (Å²) in [7, 11) is 1.67. The molecule has 0 atom stereocenters. The zero-order valence-electron chi connectivity index (χ0n) is 13.7. The number of methoxy groups -OCH3 is 1. The summed E-state index contributed by atoms with van der Waals surface area (Å²) < 4.78 is 16.7. The Labute approximate surface area is 136 Å². The molecule has 4 nitrogen and oxygen atoms in total. The van der Waals surface area contributed by atoms with Gasteiger partial charge in [-0.1, -0.05) is 0 Å². The smallest absolute Gasteiger partial charge is 0.123 e. The zero-order chi connectivity index (χ0) is 16.2. The third-order valence-electron chi connectivity index (χ3n) is 3.72. The van der Waals surface area contributed by atoms with E-state index in [1.54, 1.807) is 7.11 Å². The zero-order valence-corrected chi connectivity index (χ0v) is 13.7. The van der Waals surface area contributed by atoms with Crippen molar-refractivity contribution in [3.05, 3.63) is 71.6 Å². The van der Waals surface area contributed by atoms with Crippen LogP contribution in [0.15, 0.2) is 57.4 Å². The van der Waals surface area contributed by atoms with Gasteiger partial charge in [-0.25, -0.2) is 0 Å². The molecule has 0 amide bonds. The van der Waals surface area contributed by atoms with Gasteiger partial charge in [-0.2, -0.15) is 0 Å². The Bertz CT molecular complexity index is 713. The Balaban J connectivity index is 1.84. The van der Waals surface area contributed by atoms with Crippen LogP contribution in [0.2, 0.25) is 0 Å². The summed E-state index contributed by atoms with van der Waals surface area (Å²) in [4.78, 5) is 2.22. The molecule has 23 heavy (non-hydrogen) atoms. The van der Waals surface area contributed by atoms with Crippen molar-refractivity contribution in [1.29, 1.82) is 0 Å². The maximum absolute atomic E-state index is 5.73. The molecule has 120 valence electrons. The summed E-state index contributed by atoms with van der Waals surface area (Å²) in [5.74, 6) is 4.55. The van der Waals surface area contributed by atoms with Gasteiger partial charge in [-0.15, -0.1) is 0 Å². The lowest BCUT2D eigenvalue weighted by atomic mass is 10.2. The van der Waals surface area contributed by atoms with Crippen LogP contribution < -0.4 is 9.64 Å². The minimum atomic E-state index is 0.680. The van der Waals surface area contributed by atoms with E-state index < -0.39 is 0 Å². The van der Waals surface area contributed by atoms with Gasteiger partial charge in [-0.05, 0) is 62.4 Å². The fraction of sp³-hybridized carbons (Fsp3) is 0.263. The first-order valence-corrected chi connectivity index (χ1v) is 7.63. The van der Waals surface area contributed by atoms with Crippen molar-refractivity contribution >= 4 is 5.69 Å². The molecule has 0 spiro atoms. The summed E-state index contributed by atoms with van der Waals surface area (Å²) in [5.41, 5.74) is 1.09. The average Bonchev–Trinajstić information content (AvgIpc) is 3.15. The molecule has 2 heterocycles. The molecule has 0 aliphatic heterocycles. The fourth-order valence-electron chi connectivity index (χ4n) is 2.55. The number of aryl methyl sites for hydroxylation is 2. The summed E-state index contributed by atoms with van der Waals surface area (Å²) >= 11 is 0. The van der Waals surface area contributed by atoms with Crippen LogP contribution in [-0.4, -0.2) is 7.11 Å². The first-order valence-electron chi connectivity index (χ1n) is 7.63. The van der Waals surface area contributed by atoms with E-state index in [1.807, 2.05) is 62.4 Å². The van der Waals surface area contributed by atoms with Crippen LogP contribution in [0.4, 0.5) is 5.69 Å². The molecule has 0 radical (unpaired) electrons. The highest BCUT2D eigenvalue weighted by Gasteiger charge is 2.13. The molecular formula is C19H21NO3. The number of furan rings is 2. The lowest BCUT2D eigenvalue weighted by Gasteiger charge is -2.23. The van der Waals surface area contributed by atoms with Crippen molar-refractivity contribution in [2.75, 3.05) is 12.0 Å². The third-order valence-corrected chi connectivity index (χ3v) is 3.72. The van der Waals surface area contributed by atoms with Crippen molar-refractivity contribution in [3.8, 4) is 5.75 Å². The van der Waals surface area contributed by atoms with E-state index >= 15 is 0 Å². The first kappa shape index (κ1) is 15.3. The second kappa shape index (κ2) is 6.65. The lowest BCUT2D eigenvalue weighted by Crippen LogP contribution is -2.21. The van der Waals surface area contributed by atoms with E-state index in [9.17, 15) is 0 Å². The summed E-state index contributed by atoms with van der Waals surface area (Å²) in [6.45, 7) is 5.27. The Morgan fingerprint density at radius 3 is 1.70 bits per heavy atom. The van der Waals surface area contributed by atoms with Crippen molar-refractivity contribution in [2.45, 2.75) is 26.9 Å². The Hall–Kier alpha value is -2.62. The molecule has 0 N–H and O–H groups in total. The van der Waals surface area contributed by atoms with E-state index in [-0.39, 0.29) is 0 Å². The summed E-state index contributed by atoms with van der Waals surface area (Å²) in [6.07, 6.45) is 0. The second-order valence-electron chi connectivity index (χ2n) is 5.58. The number of anilines is 1. The third kappa shape index (κ3) is 3.77. The van der Waals surface area contributed by atoms with Crippen LogP contribution in [-0.2, 0) is 13.1 Å². The molecule has 0 saturated heterocycles.